The van der Waals surface area contributed by atoms with Gasteiger partial charge >= 0.3 is 9.28 Å². The maximum Gasteiger partial charge on any atom is 0.307 e. The minimum Gasteiger partial charge on any atom is -0.438 e. The van der Waals surface area contributed by atoms with Crippen LogP contribution < -0.4 is 0 Å². The zero-order chi connectivity index (χ0) is 6.53. The highest BCUT2D eigenvalue weighted by Crippen LogP contribution is 2.02. The van der Waals surface area contributed by atoms with Crippen molar-refractivity contribution in [3.05, 3.63) is 0 Å². The van der Waals surface area contributed by atoms with Gasteiger partial charge in [0.05, 0.1) is 0 Å². The van der Waals surface area contributed by atoms with Crippen LogP contribution in [0.25, 0.3) is 0 Å². The molecule has 4 heteroatoms. The fraction of sp³-hybridized carbons (Fsp3) is 1.00. The Bertz CT molecular complexity index is 71.4. The molecule has 1 unspecified atom stereocenters. The summed E-state index contributed by atoms with van der Waals surface area (Å²) < 4.78 is 10.8. The van der Waals surface area contributed by atoms with Gasteiger partial charge in [0.25, 0.3) is 0 Å². The number of hydrogen-bond acceptors (Lipinski definition) is 2. The van der Waals surface area contributed by atoms with E-state index >= 15 is 0 Å². The number of rotatable bonds is 0. The largest absolute Gasteiger partial charge is 0.438 e. The van der Waals surface area contributed by atoms with Gasteiger partial charge < -0.3 is 8.54 Å². The van der Waals surface area contributed by atoms with E-state index in [4.69, 9.17) is 8.54 Å². The van der Waals surface area contributed by atoms with E-state index in [0.717, 1.165) is 6.61 Å². The van der Waals surface area contributed by atoms with E-state index in [1.807, 2.05) is 0 Å². The van der Waals surface area contributed by atoms with Crippen LogP contribution in [0.3, 0.4) is 0 Å². The van der Waals surface area contributed by atoms with E-state index in [-0.39, 0.29) is 0 Å². The molecule has 0 aromatic carbocycles. The van der Waals surface area contributed by atoms with E-state index in [1.165, 1.54) is 18.9 Å². The van der Waals surface area contributed by atoms with Gasteiger partial charge in [-0.25, -0.2) is 0 Å². The maximum atomic E-state index is 5.43. The minimum atomic E-state index is -1.16. The fourth-order valence-corrected chi connectivity index (χ4v) is 3.33. The molecule has 1 atom stereocenters. The molecule has 0 aromatic rings. The van der Waals surface area contributed by atoms with Gasteiger partial charge in [-0.3, -0.25) is 0 Å². The standard InChI is InChI=1S/C5H12O2Si2/c1-9-6-4-2-3-5-8-7-9/h9H,2-5H2,1H3. The smallest absolute Gasteiger partial charge is 0.307 e. The molecule has 0 amide bonds. The van der Waals surface area contributed by atoms with E-state index in [9.17, 15) is 0 Å². The van der Waals surface area contributed by atoms with Crippen molar-refractivity contribution in [3.63, 3.8) is 0 Å². The summed E-state index contributed by atoms with van der Waals surface area (Å²) in [6.07, 6.45) is 2.51. The first-order valence-electron chi connectivity index (χ1n) is 3.40. The molecule has 0 bridgehead atoms. The Balaban J connectivity index is 2.12. The molecule has 52 valence electrons. The van der Waals surface area contributed by atoms with Crippen molar-refractivity contribution in [2.45, 2.75) is 25.4 Å². The Morgan fingerprint density at radius 1 is 1.44 bits per heavy atom. The Morgan fingerprint density at radius 2 is 2.33 bits per heavy atom. The molecule has 0 saturated carbocycles. The molecule has 1 heterocycles. The van der Waals surface area contributed by atoms with Crippen molar-refractivity contribution < 1.29 is 8.54 Å². The zero-order valence-corrected chi connectivity index (χ0v) is 7.88. The molecule has 1 fully saturated rings. The first kappa shape index (κ1) is 7.46. The summed E-state index contributed by atoms with van der Waals surface area (Å²) in [6, 6.07) is 1.25. The van der Waals surface area contributed by atoms with Gasteiger partial charge in [0.15, 0.2) is 0 Å². The third-order valence-electron chi connectivity index (χ3n) is 1.28. The van der Waals surface area contributed by atoms with Crippen molar-refractivity contribution in [2.75, 3.05) is 6.61 Å². The highest BCUT2D eigenvalue weighted by molar-refractivity contribution is 6.51. The second-order valence-electron chi connectivity index (χ2n) is 2.16. The van der Waals surface area contributed by atoms with Crippen molar-refractivity contribution in [3.8, 4) is 0 Å². The average Bonchev–Trinajstić information content (AvgIpc) is 1.79. The summed E-state index contributed by atoms with van der Waals surface area (Å²) in [5.41, 5.74) is 0. The first-order valence-corrected chi connectivity index (χ1v) is 6.61. The lowest BCUT2D eigenvalue weighted by atomic mass is 10.4. The Kier molecular flexibility index (Phi) is 3.49. The van der Waals surface area contributed by atoms with Gasteiger partial charge in [-0.05, 0) is 19.0 Å². The molecule has 1 saturated heterocycles. The molecular weight excluding hydrogens is 148 g/mol. The molecule has 2 nitrogen and oxygen atoms in total. The van der Waals surface area contributed by atoms with Gasteiger partial charge in [-0.15, -0.1) is 0 Å². The molecule has 0 spiro atoms. The predicted molar refractivity (Wildman–Crippen MR) is 39.8 cm³/mol. The topological polar surface area (TPSA) is 18.5 Å². The summed E-state index contributed by atoms with van der Waals surface area (Å²) in [4.78, 5) is 0. The van der Waals surface area contributed by atoms with Crippen LogP contribution in [-0.2, 0) is 8.54 Å². The predicted octanol–water partition coefficient (Wildman–Crippen LogP) is 0.701. The third-order valence-corrected chi connectivity index (χ3v) is 4.53. The lowest BCUT2D eigenvalue weighted by Gasteiger charge is -2.14. The Morgan fingerprint density at radius 3 is 3.22 bits per heavy atom. The molecule has 1 aliphatic heterocycles. The first-order chi connectivity index (χ1) is 4.39. The summed E-state index contributed by atoms with van der Waals surface area (Å²) in [7, 11) is -0.449. The van der Waals surface area contributed by atoms with Crippen LogP contribution in [0, 0.1) is 0 Å². The molecule has 1 rings (SSSR count). The second-order valence-corrected chi connectivity index (χ2v) is 5.36. The van der Waals surface area contributed by atoms with E-state index in [1.54, 1.807) is 0 Å². The Hall–Kier alpha value is 0.354. The lowest BCUT2D eigenvalue weighted by Crippen LogP contribution is -2.23. The molecule has 0 aliphatic carbocycles. The van der Waals surface area contributed by atoms with Crippen LogP contribution in [-0.4, -0.2) is 25.7 Å². The van der Waals surface area contributed by atoms with E-state index in [2.05, 4.69) is 6.55 Å². The normalized spacial score (nSPS) is 31.0. The summed E-state index contributed by atoms with van der Waals surface area (Å²) in [5.74, 6) is 0. The van der Waals surface area contributed by atoms with Crippen LogP contribution in [0.15, 0.2) is 0 Å². The number of hydrogen-bond donors (Lipinski definition) is 0. The van der Waals surface area contributed by atoms with Gasteiger partial charge in [0, 0.05) is 6.61 Å². The van der Waals surface area contributed by atoms with Gasteiger partial charge in [0.2, 0.25) is 9.76 Å². The molecular formula is C5H12O2Si2. The molecule has 0 N–H and O–H groups in total. The van der Waals surface area contributed by atoms with E-state index < -0.39 is 9.28 Å². The summed E-state index contributed by atoms with van der Waals surface area (Å²) in [5, 5.41) is 0. The molecule has 2 radical (unpaired) electrons. The lowest BCUT2D eigenvalue weighted by molar-refractivity contribution is 0.260. The molecule has 0 aromatic heterocycles. The maximum absolute atomic E-state index is 5.43. The van der Waals surface area contributed by atoms with Crippen molar-refractivity contribution in [1.29, 1.82) is 0 Å². The third kappa shape index (κ3) is 3.15. The van der Waals surface area contributed by atoms with E-state index in [0.29, 0.717) is 9.76 Å². The second kappa shape index (κ2) is 4.21. The molecule has 1 aliphatic rings. The van der Waals surface area contributed by atoms with Crippen molar-refractivity contribution >= 4 is 19.0 Å². The highest BCUT2D eigenvalue weighted by atomic mass is 28.4. The van der Waals surface area contributed by atoms with Crippen molar-refractivity contribution in [1.82, 2.24) is 0 Å². The van der Waals surface area contributed by atoms with Gasteiger partial charge in [-0.2, -0.15) is 0 Å². The SMILES string of the molecule is C[SiH]1OCCCC[Si]O1. The zero-order valence-electron chi connectivity index (χ0n) is 5.72. The van der Waals surface area contributed by atoms with Crippen LogP contribution in [0.4, 0.5) is 0 Å². The molecule has 9 heavy (non-hydrogen) atoms. The van der Waals surface area contributed by atoms with Gasteiger partial charge in [0.1, 0.15) is 0 Å². The summed E-state index contributed by atoms with van der Waals surface area (Å²) in [6.45, 7) is 3.02. The van der Waals surface area contributed by atoms with Crippen molar-refractivity contribution in [2.24, 2.45) is 0 Å². The van der Waals surface area contributed by atoms with Crippen LogP contribution in [0.5, 0.6) is 0 Å². The minimum absolute atomic E-state index is 0.707. The van der Waals surface area contributed by atoms with Crippen LogP contribution >= 0.6 is 0 Å². The highest BCUT2D eigenvalue weighted by Gasteiger charge is 2.07. The fourth-order valence-electron chi connectivity index (χ4n) is 0.759. The van der Waals surface area contributed by atoms with Crippen LogP contribution in [0.2, 0.25) is 12.6 Å². The average molecular weight is 160 g/mol. The van der Waals surface area contributed by atoms with Crippen LogP contribution in [0.1, 0.15) is 12.8 Å². The Labute approximate surface area is 60.3 Å². The van der Waals surface area contributed by atoms with Gasteiger partial charge in [-0.1, -0.05) is 6.42 Å². The quantitative estimate of drug-likeness (QED) is 0.486. The monoisotopic (exact) mass is 160 g/mol. The summed E-state index contributed by atoms with van der Waals surface area (Å²) >= 11 is 0.